The highest BCUT2D eigenvalue weighted by Gasteiger charge is 2.28. The standard InChI is InChI=1S/C10H6N2O2S2/c1-3-5-7(9(13)15-3)12-6-4(2)16-10(14)8(6)11-5/h1-2H3. The molecule has 1 aromatic rings. The first-order valence-corrected chi connectivity index (χ1v) is 6.25. The lowest BCUT2D eigenvalue weighted by Crippen LogP contribution is -2.28. The van der Waals surface area contributed by atoms with Crippen LogP contribution in [0.1, 0.15) is 34.8 Å². The Morgan fingerprint density at radius 1 is 0.812 bits per heavy atom. The van der Waals surface area contributed by atoms with Crippen LogP contribution in [0.5, 0.6) is 0 Å². The fourth-order valence-corrected chi connectivity index (χ4v) is 3.19. The van der Waals surface area contributed by atoms with Crippen molar-refractivity contribution in [2.75, 3.05) is 0 Å². The fraction of sp³-hybridized carbons (Fsp3) is 0.200. The molecule has 0 fully saturated rings. The molecular formula is C10H6N2O2S2. The van der Waals surface area contributed by atoms with E-state index in [2.05, 4.69) is 9.97 Å². The van der Waals surface area contributed by atoms with Crippen molar-refractivity contribution in [3.8, 4) is 0 Å². The van der Waals surface area contributed by atoms with Crippen molar-refractivity contribution in [2.24, 2.45) is 0 Å². The largest absolute Gasteiger partial charge is 0.279 e. The third-order valence-electron chi connectivity index (χ3n) is 2.44. The predicted molar refractivity (Wildman–Crippen MR) is 63.3 cm³/mol. The van der Waals surface area contributed by atoms with Crippen LogP contribution >= 0.6 is 23.5 Å². The summed E-state index contributed by atoms with van der Waals surface area (Å²) < 4.78 is 0. The van der Waals surface area contributed by atoms with Crippen molar-refractivity contribution >= 4 is 43.6 Å². The van der Waals surface area contributed by atoms with Gasteiger partial charge in [0.2, 0.25) is 10.2 Å². The number of rotatable bonds is 0. The van der Waals surface area contributed by atoms with Gasteiger partial charge in [-0.05, 0) is 37.4 Å². The smallest absolute Gasteiger partial charge is 0.244 e. The summed E-state index contributed by atoms with van der Waals surface area (Å²) in [6.07, 6.45) is 0. The second-order valence-corrected chi connectivity index (χ2v) is 5.88. The molecule has 0 aliphatic carbocycles. The maximum Gasteiger partial charge on any atom is 0.244 e. The predicted octanol–water partition coefficient (Wildman–Crippen LogP) is 0.507. The molecule has 0 saturated heterocycles. The molecule has 0 radical (unpaired) electrons. The molecule has 2 aliphatic heterocycles. The molecule has 0 saturated carbocycles. The second kappa shape index (κ2) is 3.18. The molecule has 3 rings (SSSR count). The van der Waals surface area contributed by atoms with E-state index in [1.165, 1.54) is 0 Å². The van der Waals surface area contributed by atoms with Gasteiger partial charge in [-0.2, -0.15) is 0 Å². The highest BCUT2D eigenvalue weighted by molar-refractivity contribution is 8.22. The van der Waals surface area contributed by atoms with Crippen LogP contribution in [-0.2, 0) is 0 Å². The number of nitrogens with zero attached hydrogens (tertiary/aromatic N) is 2. The van der Waals surface area contributed by atoms with E-state index in [-0.39, 0.29) is 10.2 Å². The van der Waals surface area contributed by atoms with Crippen LogP contribution in [0.25, 0.3) is 9.81 Å². The van der Waals surface area contributed by atoms with E-state index in [0.29, 0.717) is 22.1 Å². The minimum Gasteiger partial charge on any atom is -0.279 e. The van der Waals surface area contributed by atoms with Crippen LogP contribution in [0.15, 0.2) is 0 Å². The Kier molecular flexibility index (Phi) is 1.99. The van der Waals surface area contributed by atoms with Gasteiger partial charge in [0.1, 0.15) is 22.1 Å². The number of carbonyl (C=O) groups is 2. The van der Waals surface area contributed by atoms with Crippen LogP contribution in [0.2, 0.25) is 0 Å². The van der Waals surface area contributed by atoms with E-state index in [4.69, 9.17) is 0 Å². The lowest BCUT2D eigenvalue weighted by Gasteiger charge is -1.93. The van der Waals surface area contributed by atoms with Gasteiger partial charge >= 0.3 is 0 Å². The monoisotopic (exact) mass is 250 g/mol. The van der Waals surface area contributed by atoms with Crippen LogP contribution < -0.4 is 10.7 Å². The van der Waals surface area contributed by atoms with Gasteiger partial charge < -0.3 is 0 Å². The summed E-state index contributed by atoms with van der Waals surface area (Å²) in [5.41, 5.74) is 0.770. The molecule has 1 aromatic heterocycles. The summed E-state index contributed by atoms with van der Waals surface area (Å²) in [4.78, 5) is 33.4. The Hall–Kier alpha value is -1.14. The second-order valence-electron chi connectivity index (χ2n) is 3.51. The lowest BCUT2D eigenvalue weighted by molar-refractivity contribution is 0.107. The fourth-order valence-electron chi connectivity index (χ4n) is 1.68. The van der Waals surface area contributed by atoms with E-state index in [1.807, 2.05) is 13.8 Å². The molecule has 0 spiro atoms. The molecule has 0 atom stereocenters. The number of carbonyl (C=O) groups excluding carboxylic acids is 2. The molecule has 16 heavy (non-hydrogen) atoms. The molecule has 0 N–H and O–H groups in total. The molecule has 4 nitrogen and oxygen atoms in total. The molecule has 80 valence electrons. The number of fused-ring (bicyclic) bond motifs is 2. The summed E-state index contributed by atoms with van der Waals surface area (Å²) in [6.45, 7) is 3.64. The average molecular weight is 250 g/mol. The third-order valence-corrected chi connectivity index (χ3v) is 4.20. The summed E-state index contributed by atoms with van der Waals surface area (Å²) >= 11 is 2.26. The van der Waals surface area contributed by atoms with Crippen LogP contribution in [0, 0.1) is 0 Å². The zero-order chi connectivity index (χ0) is 11.4. The van der Waals surface area contributed by atoms with E-state index in [1.54, 1.807) is 0 Å². The van der Waals surface area contributed by atoms with Gasteiger partial charge in [0.05, 0.1) is 0 Å². The molecule has 3 heterocycles. The molecular weight excluding hydrogens is 244 g/mol. The van der Waals surface area contributed by atoms with Crippen molar-refractivity contribution in [3.05, 3.63) is 22.1 Å². The van der Waals surface area contributed by atoms with E-state index >= 15 is 0 Å². The quantitative estimate of drug-likeness (QED) is 0.668. The van der Waals surface area contributed by atoms with Gasteiger partial charge in [-0.1, -0.05) is 0 Å². The summed E-state index contributed by atoms with van der Waals surface area (Å²) in [7, 11) is 0. The van der Waals surface area contributed by atoms with Gasteiger partial charge in [-0.25, -0.2) is 9.97 Å². The first-order valence-electron chi connectivity index (χ1n) is 4.62. The summed E-state index contributed by atoms with van der Waals surface area (Å²) in [5, 5.41) is 0.967. The highest BCUT2D eigenvalue weighted by Crippen LogP contribution is 2.26. The number of aromatic nitrogens is 2. The molecule has 2 aliphatic rings. The number of hydrogen-bond donors (Lipinski definition) is 0. The van der Waals surface area contributed by atoms with Gasteiger partial charge in [0.15, 0.2) is 0 Å². The van der Waals surface area contributed by atoms with Crippen molar-refractivity contribution in [2.45, 2.75) is 13.8 Å². The Labute approximate surface area is 99.2 Å². The normalized spacial score (nSPS) is 18.1. The molecule has 0 bridgehead atoms. The van der Waals surface area contributed by atoms with Crippen LogP contribution in [-0.4, -0.2) is 20.2 Å². The first-order chi connectivity index (χ1) is 7.58. The molecule has 6 heteroatoms. The Morgan fingerprint density at radius 3 is 1.56 bits per heavy atom. The minimum atomic E-state index is -0.0834. The van der Waals surface area contributed by atoms with Crippen LogP contribution in [0.4, 0.5) is 0 Å². The van der Waals surface area contributed by atoms with Crippen molar-refractivity contribution in [3.63, 3.8) is 0 Å². The minimum absolute atomic E-state index is 0.0834. The zero-order valence-corrected chi connectivity index (χ0v) is 10.2. The average Bonchev–Trinajstić information content (AvgIpc) is 2.67. The van der Waals surface area contributed by atoms with Crippen molar-refractivity contribution in [1.29, 1.82) is 0 Å². The first kappa shape index (κ1) is 10.0. The Bertz CT molecular complexity index is 619. The SMILES string of the molecule is CC1=c2nc3c(nc2C(=O)S1)=C(C)SC3=O. The van der Waals surface area contributed by atoms with Gasteiger partial charge in [0, 0.05) is 9.81 Å². The maximum atomic E-state index is 11.6. The topological polar surface area (TPSA) is 59.9 Å². The molecule has 0 amide bonds. The Balaban J connectivity index is 2.47. The van der Waals surface area contributed by atoms with Crippen molar-refractivity contribution in [1.82, 2.24) is 9.97 Å². The van der Waals surface area contributed by atoms with Gasteiger partial charge in [0.25, 0.3) is 0 Å². The zero-order valence-electron chi connectivity index (χ0n) is 8.53. The summed E-state index contributed by atoms with van der Waals surface area (Å²) in [6, 6.07) is 0. The van der Waals surface area contributed by atoms with Gasteiger partial charge in [-0.15, -0.1) is 0 Å². The van der Waals surface area contributed by atoms with Crippen LogP contribution in [0.3, 0.4) is 0 Å². The van der Waals surface area contributed by atoms with E-state index in [9.17, 15) is 9.59 Å². The lowest BCUT2D eigenvalue weighted by atomic mass is 10.3. The van der Waals surface area contributed by atoms with E-state index < -0.39 is 0 Å². The third kappa shape index (κ3) is 1.20. The number of hydrogen-bond acceptors (Lipinski definition) is 6. The summed E-state index contributed by atoms with van der Waals surface area (Å²) in [5.74, 6) is 0. The molecule has 0 aromatic carbocycles. The van der Waals surface area contributed by atoms with Crippen molar-refractivity contribution < 1.29 is 9.59 Å². The maximum absolute atomic E-state index is 11.6. The van der Waals surface area contributed by atoms with Gasteiger partial charge in [-0.3, -0.25) is 9.59 Å². The molecule has 0 unspecified atom stereocenters. The highest BCUT2D eigenvalue weighted by atomic mass is 32.2. The van der Waals surface area contributed by atoms with E-state index in [0.717, 1.165) is 33.3 Å². The Morgan fingerprint density at radius 2 is 1.19 bits per heavy atom. The number of thioether (sulfide) groups is 2.